The third kappa shape index (κ3) is 4.00. The molecule has 0 unspecified atom stereocenters. The number of aliphatic hydroxyl groups is 1. The minimum absolute atomic E-state index is 0.196. The largest absolute Gasteiger partial charge is 0.496 e. The first-order valence-corrected chi connectivity index (χ1v) is 9.92. The third-order valence-corrected chi connectivity index (χ3v) is 5.36. The summed E-state index contributed by atoms with van der Waals surface area (Å²) in [6.45, 7) is 6.65. The molecule has 0 aromatic heterocycles. The molecule has 150 valence electrons. The van der Waals surface area contributed by atoms with Gasteiger partial charge in [0, 0.05) is 11.6 Å². The monoisotopic (exact) mass is 384 g/mol. The summed E-state index contributed by atoms with van der Waals surface area (Å²) in [6.07, 6.45) is 4.98. The van der Waals surface area contributed by atoms with Gasteiger partial charge >= 0.3 is 0 Å². The van der Waals surface area contributed by atoms with Crippen LogP contribution in [0.3, 0.4) is 0 Å². The van der Waals surface area contributed by atoms with Crippen LogP contribution in [-0.2, 0) is 9.53 Å². The summed E-state index contributed by atoms with van der Waals surface area (Å²) < 4.78 is 11.7. The molecule has 28 heavy (non-hydrogen) atoms. The van der Waals surface area contributed by atoms with Crippen LogP contribution in [0.15, 0.2) is 30.0 Å². The molecule has 0 saturated heterocycles. The maximum absolute atomic E-state index is 12.7. The van der Waals surface area contributed by atoms with Crippen LogP contribution in [0.1, 0.15) is 63.6 Å². The molecule has 0 saturated carbocycles. The molecule has 2 heterocycles. The van der Waals surface area contributed by atoms with Crippen LogP contribution in [0.2, 0.25) is 0 Å². The Labute approximate surface area is 166 Å². The van der Waals surface area contributed by atoms with Crippen molar-refractivity contribution in [1.82, 2.24) is 4.90 Å². The molecule has 0 aliphatic carbocycles. The number of unbranched alkanes of at least 4 members (excludes halogenated alkanes) is 3. The van der Waals surface area contributed by atoms with E-state index in [0.29, 0.717) is 35.8 Å². The average molecular weight is 384 g/mol. The lowest BCUT2D eigenvalue weighted by molar-refractivity contribution is -0.137. The summed E-state index contributed by atoms with van der Waals surface area (Å²) in [5.74, 6) is 1.01. The molecule has 2 aliphatic rings. The number of nitriles is 1. The molecule has 0 radical (unpaired) electrons. The van der Waals surface area contributed by atoms with Gasteiger partial charge in [-0.05, 0) is 38.5 Å². The van der Waals surface area contributed by atoms with E-state index in [1.54, 1.807) is 36.9 Å². The maximum atomic E-state index is 12.7. The molecule has 0 fully saturated rings. The van der Waals surface area contributed by atoms with Crippen molar-refractivity contribution in [3.05, 3.63) is 41.2 Å². The number of amides is 1. The lowest BCUT2D eigenvalue weighted by Crippen LogP contribution is -2.54. The van der Waals surface area contributed by atoms with E-state index in [1.165, 1.54) is 12.5 Å². The SMILES string of the molecule is CCCCCCOC1=CC(=O)N([C@H]2c3cc(C#N)ccc3OC(C)(C)[C@@H]2O)C1. The number of fused-ring (bicyclic) bond motifs is 1. The molecule has 0 spiro atoms. The molecule has 6 heteroatoms. The summed E-state index contributed by atoms with van der Waals surface area (Å²) in [5, 5.41) is 20.2. The first-order valence-electron chi connectivity index (χ1n) is 9.92. The fourth-order valence-corrected chi connectivity index (χ4v) is 3.74. The van der Waals surface area contributed by atoms with E-state index in [-0.39, 0.29) is 5.91 Å². The van der Waals surface area contributed by atoms with E-state index < -0.39 is 17.7 Å². The lowest BCUT2D eigenvalue weighted by atomic mass is 9.85. The van der Waals surface area contributed by atoms with Gasteiger partial charge in [-0.1, -0.05) is 26.2 Å². The number of carbonyl (C=O) groups excluding carboxylic acids is 1. The highest BCUT2D eigenvalue weighted by molar-refractivity contribution is 5.91. The predicted molar refractivity (Wildman–Crippen MR) is 105 cm³/mol. The smallest absolute Gasteiger partial charge is 0.251 e. The van der Waals surface area contributed by atoms with Crippen LogP contribution < -0.4 is 4.74 Å². The van der Waals surface area contributed by atoms with Gasteiger partial charge in [0.1, 0.15) is 23.2 Å². The number of hydrogen-bond acceptors (Lipinski definition) is 5. The van der Waals surface area contributed by atoms with E-state index in [9.17, 15) is 15.2 Å². The van der Waals surface area contributed by atoms with Gasteiger partial charge in [0.05, 0.1) is 30.8 Å². The number of benzene rings is 1. The normalized spacial score (nSPS) is 22.9. The molecule has 1 N–H and O–H groups in total. The Kier molecular flexibility index (Phi) is 5.95. The Bertz CT molecular complexity index is 809. The van der Waals surface area contributed by atoms with Crippen molar-refractivity contribution < 1.29 is 19.4 Å². The van der Waals surface area contributed by atoms with Crippen LogP contribution in [0.25, 0.3) is 0 Å². The topological polar surface area (TPSA) is 82.8 Å². The van der Waals surface area contributed by atoms with Gasteiger partial charge in [-0.25, -0.2) is 0 Å². The Morgan fingerprint density at radius 3 is 2.86 bits per heavy atom. The van der Waals surface area contributed by atoms with Gasteiger partial charge < -0.3 is 19.5 Å². The fraction of sp³-hybridized carbons (Fsp3) is 0.545. The summed E-state index contributed by atoms with van der Waals surface area (Å²) in [7, 11) is 0. The van der Waals surface area contributed by atoms with Crippen molar-refractivity contribution >= 4 is 5.91 Å². The van der Waals surface area contributed by atoms with E-state index in [4.69, 9.17) is 9.47 Å². The van der Waals surface area contributed by atoms with E-state index in [0.717, 1.165) is 19.3 Å². The highest BCUT2D eigenvalue weighted by atomic mass is 16.5. The standard InChI is InChI=1S/C22H28N2O4/c1-4-5-6-7-10-27-16-12-19(25)24(14-16)20-17-11-15(13-23)8-9-18(17)28-22(2,3)21(20)26/h8-9,11-12,20-21,26H,4-7,10,14H2,1-3H3/t20-,21+/m0/s1. The van der Waals surface area contributed by atoms with Crippen LogP contribution >= 0.6 is 0 Å². The van der Waals surface area contributed by atoms with Crippen LogP contribution in [0.4, 0.5) is 0 Å². The Hall–Kier alpha value is -2.52. The molecule has 1 aromatic carbocycles. The first-order chi connectivity index (χ1) is 13.4. The number of carbonyl (C=O) groups is 1. The van der Waals surface area contributed by atoms with Crippen LogP contribution in [-0.4, -0.2) is 40.8 Å². The summed E-state index contributed by atoms with van der Waals surface area (Å²) in [4.78, 5) is 14.3. The molecule has 2 aliphatic heterocycles. The zero-order valence-corrected chi connectivity index (χ0v) is 16.8. The highest BCUT2D eigenvalue weighted by Gasteiger charge is 2.47. The number of hydrogen-bond donors (Lipinski definition) is 1. The molecule has 6 nitrogen and oxygen atoms in total. The minimum atomic E-state index is -0.935. The van der Waals surface area contributed by atoms with E-state index in [1.807, 2.05) is 0 Å². The summed E-state index contributed by atoms with van der Waals surface area (Å²) in [6, 6.07) is 6.61. The fourth-order valence-electron chi connectivity index (χ4n) is 3.74. The number of ether oxygens (including phenoxy) is 2. The van der Waals surface area contributed by atoms with Crippen molar-refractivity contribution in [2.75, 3.05) is 13.2 Å². The van der Waals surface area contributed by atoms with Crippen molar-refractivity contribution in [2.45, 2.75) is 64.2 Å². The second kappa shape index (κ2) is 8.24. The number of rotatable bonds is 7. The molecule has 1 amide bonds. The first kappa shape index (κ1) is 20.2. The number of nitrogens with zero attached hydrogens (tertiary/aromatic N) is 2. The zero-order valence-electron chi connectivity index (χ0n) is 16.8. The van der Waals surface area contributed by atoms with Gasteiger partial charge in [0.25, 0.3) is 5.91 Å². The zero-order chi connectivity index (χ0) is 20.3. The Balaban J connectivity index is 1.79. The molecular weight excluding hydrogens is 356 g/mol. The van der Waals surface area contributed by atoms with Gasteiger partial charge in [0.2, 0.25) is 0 Å². The molecule has 1 aromatic rings. The summed E-state index contributed by atoms with van der Waals surface area (Å²) in [5.41, 5.74) is 0.249. The van der Waals surface area contributed by atoms with Gasteiger partial charge in [-0.2, -0.15) is 5.26 Å². The average Bonchev–Trinajstić information content (AvgIpc) is 3.02. The van der Waals surface area contributed by atoms with Gasteiger partial charge in [-0.3, -0.25) is 4.79 Å². The molecule has 2 atom stereocenters. The van der Waals surface area contributed by atoms with Crippen LogP contribution in [0.5, 0.6) is 5.75 Å². The molecular formula is C22H28N2O4. The Morgan fingerprint density at radius 1 is 1.36 bits per heavy atom. The third-order valence-electron chi connectivity index (χ3n) is 5.36. The van der Waals surface area contributed by atoms with Crippen molar-refractivity contribution in [1.29, 1.82) is 5.26 Å². The van der Waals surface area contributed by atoms with E-state index in [2.05, 4.69) is 13.0 Å². The summed E-state index contributed by atoms with van der Waals surface area (Å²) >= 11 is 0. The molecule has 0 bridgehead atoms. The lowest BCUT2D eigenvalue weighted by Gasteiger charge is -2.45. The van der Waals surface area contributed by atoms with Crippen molar-refractivity contribution in [3.8, 4) is 11.8 Å². The van der Waals surface area contributed by atoms with E-state index >= 15 is 0 Å². The van der Waals surface area contributed by atoms with Gasteiger partial charge in [0.15, 0.2) is 0 Å². The van der Waals surface area contributed by atoms with Crippen molar-refractivity contribution in [3.63, 3.8) is 0 Å². The highest BCUT2D eigenvalue weighted by Crippen LogP contribution is 2.44. The van der Waals surface area contributed by atoms with Gasteiger partial charge in [-0.15, -0.1) is 0 Å². The maximum Gasteiger partial charge on any atom is 0.251 e. The second-order valence-corrected chi connectivity index (χ2v) is 7.95. The number of aliphatic hydroxyl groups excluding tert-OH is 1. The Morgan fingerprint density at radius 2 is 2.14 bits per heavy atom. The molecule has 3 rings (SSSR count). The quantitative estimate of drug-likeness (QED) is 0.728. The predicted octanol–water partition coefficient (Wildman–Crippen LogP) is 3.45. The second-order valence-electron chi connectivity index (χ2n) is 7.95. The van der Waals surface area contributed by atoms with Crippen LogP contribution in [0, 0.1) is 11.3 Å². The van der Waals surface area contributed by atoms with Crippen molar-refractivity contribution in [2.24, 2.45) is 0 Å². The minimum Gasteiger partial charge on any atom is -0.496 e.